The quantitative estimate of drug-likeness (QED) is 0.0593. The Bertz CT molecular complexity index is 3640. The second-order valence-corrected chi connectivity index (χ2v) is 60.5. The summed E-state index contributed by atoms with van der Waals surface area (Å²) in [6, 6.07) is 38.0. The summed E-state index contributed by atoms with van der Waals surface area (Å²) >= 11 is 55.3. The number of fused-ring (bicyclic) bond motifs is 1. The molecular weight excluding hydrogens is 1850 g/mol. The van der Waals surface area contributed by atoms with E-state index in [1.165, 1.54) is 26.5 Å². The first-order valence-corrected chi connectivity index (χ1v) is 44.3. The number of benzene rings is 6. The second kappa shape index (κ2) is 35.6. The van der Waals surface area contributed by atoms with Gasteiger partial charge in [-0.15, -0.1) is 0 Å². The van der Waals surface area contributed by atoms with Gasteiger partial charge in [0.05, 0.1) is 23.4 Å². The number of amidine groups is 1. The van der Waals surface area contributed by atoms with Gasteiger partial charge in [-0.05, 0) is 149 Å². The number of carboxylic acid groups (broad SMARTS) is 1. The Morgan fingerprint density at radius 3 is 1.55 bits per heavy atom. The standard InChI is InChI=1S/C19H17BrCl2N2O2S.C17H14BrCl2N5O2.C17H12BrCl2N5O.C2H6.CH4.CH3.3HI.V/c1-3-27-26-18-23-19(2,11-12-4-6-13(20)7-5-12)17(25)24(18)16-9-14(21)8-15(22)10-16;1-17(15(26)27,9-10-2-4-11(18)5-3-10)25-16(22-23-24-25)21-14-7-12(19)6-13(20)8-14;1-17(9-10-2-4-11(18)5-3-10)15(26)24(16-21-22-23-25(16)17)14-7-12(19)6-13(20)8-14;1-2;;;;;;/h4-10H,3,11H2,1-2H3;2-8H,9H2,1H3,(H,26,27)(H,21,22,24);2-8H,9H2,1H3;1-2H3;1H4;1H3;3*1H;/q;;;;;-1;;;;+3/p-3. The molecule has 0 aliphatic carbocycles. The van der Waals surface area contributed by atoms with Crippen molar-refractivity contribution in [3.63, 3.8) is 0 Å². The normalized spacial score (nSPS) is 16.1. The number of amides is 2. The van der Waals surface area contributed by atoms with Gasteiger partial charge in [-0.25, -0.2) is 19.6 Å². The van der Waals surface area contributed by atoms with Crippen molar-refractivity contribution in [2.75, 3.05) is 20.9 Å². The van der Waals surface area contributed by atoms with Crippen molar-refractivity contribution in [3.05, 3.63) is 195 Å². The van der Waals surface area contributed by atoms with Crippen LogP contribution in [0, 0.1) is 7.43 Å². The fraction of sp³-hybridized carbons (Fsp3) is 0.246. The van der Waals surface area contributed by atoms with Crippen molar-refractivity contribution < 1.29 is 28.6 Å². The van der Waals surface area contributed by atoms with Gasteiger partial charge in [0.15, 0.2) is 5.54 Å². The number of aliphatic imine (C=N–C) groups is 1. The van der Waals surface area contributed by atoms with Crippen LogP contribution >= 0.6 is 189 Å². The molecule has 88 heavy (non-hydrogen) atoms. The molecule has 8 aromatic rings. The number of hydrogen-bond acceptors (Lipinski definition) is 13. The van der Waals surface area contributed by atoms with Crippen molar-refractivity contribution in [1.82, 2.24) is 40.4 Å². The third-order valence-corrected chi connectivity index (χ3v) is 15.7. The molecule has 0 fully saturated rings. The van der Waals surface area contributed by atoms with Gasteiger partial charge in [-0.2, -0.15) is 9.36 Å². The minimum atomic E-state index is -1.41. The molecule has 3 atom stereocenters. The molecule has 31 heteroatoms. The van der Waals surface area contributed by atoms with E-state index in [1.54, 1.807) is 66.2 Å². The summed E-state index contributed by atoms with van der Waals surface area (Å²) < 4.78 is 11.4. The fourth-order valence-electron chi connectivity index (χ4n) is 8.52. The third kappa shape index (κ3) is 20.7. The van der Waals surface area contributed by atoms with Crippen LogP contribution < -0.4 is 15.1 Å². The zero-order valence-electron chi connectivity index (χ0n) is 46.8. The van der Waals surface area contributed by atoms with Gasteiger partial charge in [0, 0.05) is 74.3 Å². The van der Waals surface area contributed by atoms with Crippen LogP contribution in [-0.2, 0) is 53.8 Å². The number of aliphatic carboxylic acids is 1. The number of anilines is 5. The predicted molar refractivity (Wildman–Crippen MR) is 393 cm³/mol. The molecule has 17 nitrogen and oxygen atoms in total. The summed E-state index contributed by atoms with van der Waals surface area (Å²) in [4.78, 5) is 46.0. The Hall–Kier alpha value is -2.56. The summed E-state index contributed by atoms with van der Waals surface area (Å²) in [5.74, 6) is -0.194. The minimum absolute atomic E-state index is 0. The number of rotatable bonds is 14. The zero-order valence-corrected chi connectivity index (χ0v) is 64.8. The Kier molecular flexibility index (Phi) is 31.5. The number of tetrazole rings is 2. The van der Waals surface area contributed by atoms with Crippen LogP contribution in [0.4, 0.5) is 29.0 Å². The van der Waals surface area contributed by atoms with E-state index >= 15 is 0 Å². The van der Waals surface area contributed by atoms with Crippen LogP contribution in [0.15, 0.2) is 146 Å². The van der Waals surface area contributed by atoms with E-state index in [9.17, 15) is 19.5 Å². The number of aromatic nitrogens is 8. The molecule has 2 aliphatic heterocycles. The number of nitrogens with one attached hydrogen (secondary N) is 1. The number of carbonyl (C=O) groups excluding carboxylic acids is 2. The van der Waals surface area contributed by atoms with Crippen LogP contribution in [0.25, 0.3) is 0 Å². The molecule has 0 saturated carbocycles. The maximum absolute atomic E-state index is 13.3. The van der Waals surface area contributed by atoms with E-state index in [0.29, 0.717) is 66.0 Å². The maximum atomic E-state index is 13.3. The van der Waals surface area contributed by atoms with E-state index in [1.807, 2.05) is 107 Å². The molecule has 2 aromatic heterocycles. The first kappa shape index (κ1) is 77.9. The number of hydrogen-bond donors (Lipinski definition) is 2. The molecule has 3 unspecified atom stereocenters. The molecule has 0 saturated heterocycles. The van der Waals surface area contributed by atoms with Crippen molar-refractivity contribution in [1.29, 1.82) is 0 Å². The van der Waals surface area contributed by atoms with Gasteiger partial charge >= 0.3 is 76.8 Å². The van der Waals surface area contributed by atoms with E-state index in [0.717, 1.165) is 35.9 Å². The monoisotopic (exact) mass is 1900 g/mol. The molecule has 470 valence electrons. The Balaban J connectivity index is 0.000000267. The van der Waals surface area contributed by atoms with Crippen LogP contribution in [0.1, 0.15) is 65.7 Å². The summed E-state index contributed by atoms with van der Waals surface area (Å²) in [7, 11) is 0. The van der Waals surface area contributed by atoms with E-state index in [-0.39, 0.29) is 50.0 Å². The number of carbonyl (C=O) groups is 3. The average molecular weight is 1910 g/mol. The zero-order chi connectivity index (χ0) is 63.3. The van der Waals surface area contributed by atoms with Crippen molar-refractivity contribution in [2.24, 2.45) is 4.99 Å². The van der Waals surface area contributed by atoms with Gasteiger partial charge in [-0.1, -0.05) is 192 Å². The number of carboxylic acids is 1. The SMILES string of the molecule is C.CC.CC(Cc1ccc(Br)cc1)(C(=O)O)n1nnnc1Nc1cc(Cl)cc(Cl)c1.CC1(Cc2ccc(Br)cc2)C(=O)N(c2cc(Cl)cc(Cl)c2)c2nnnn21.CCSOC1=NC(C)(Cc2ccc(Br)cc2)C(=O)N1c1cc(Cl)cc(Cl)c1.[CH3-].[I][V]([I])[I]. The van der Waals surface area contributed by atoms with Crippen LogP contribution in [0.2, 0.25) is 30.1 Å². The fourth-order valence-corrected chi connectivity index (χ4v) is 11.2. The van der Waals surface area contributed by atoms with Gasteiger partial charge < -0.3 is 22.0 Å². The molecule has 6 aromatic carbocycles. The third-order valence-electron chi connectivity index (χ3n) is 12.3. The van der Waals surface area contributed by atoms with E-state index < -0.39 is 22.6 Å². The van der Waals surface area contributed by atoms with Gasteiger partial charge in [0.2, 0.25) is 5.95 Å². The Labute approximate surface area is 609 Å². The van der Waals surface area contributed by atoms with Crippen molar-refractivity contribution in [2.45, 2.75) is 84.8 Å². The number of halogens is 12. The van der Waals surface area contributed by atoms with Crippen LogP contribution in [-0.4, -0.2) is 80.6 Å². The molecule has 2 N–H and O–H groups in total. The van der Waals surface area contributed by atoms with E-state index in [2.05, 4.69) is 149 Å². The average Bonchev–Trinajstić information content (AvgIpc) is 1.59. The molecule has 4 heterocycles. The molecule has 0 spiro atoms. The summed E-state index contributed by atoms with van der Waals surface area (Å²) in [5, 5.41) is 38.8. The Morgan fingerprint density at radius 1 is 0.670 bits per heavy atom. The van der Waals surface area contributed by atoms with Gasteiger partial charge in [0.1, 0.15) is 11.1 Å². The summed E-state index contributed by atoms with van der Waals surface area (Å²) in [5.41, 5.74) is 1.09. The van der Waals surface area contributed by atoms with Crippen LogP contribution in [0.3, 0.4) is 0 Å². The first-order chi connectivity index (χ1) is 40.7. The molecule has 0 radical (unpaired) electrons. The van der Waals surface area contributed by atoms with Gasteiger partial charge in [0.25, 0.3) is 17.8 Å². The van der Waals surface area contributed by atoms with Gasteiger partial charge in [-0.3, -0.25) is 9.59 Å². The second-order valence-electron chi connectivity index (χ2n) is 18.7. The topological polar surface area (TPSA) is 199 Å². The summed E-state index contributed by atoms with van der Waals surface area (Å²) in [6.07, 6.45) is 1.08. The van der Waals surface area contributed by atoms with Crippen molar-refractivity contribution in [3.8, 4) is 0 Å². The number of nitrogens with zero attached hydrogens (tertiary/aromatic N) is 11. The predicted octanol–water partition coefficient (Wildman–Crippen LogP) is 19.8. The Morgan fingerprint density at radius 2 is 1.09 bits per heavy atom. The molecular formula is C57H56Br3Cl6I3N12O5SV-. The first-order valence-electron chi connectivity index (χ1n) is 25.3. The van der Waals surface area contributed by atoms with Crippen molar-refractivity contribution >= 4 is 242 Å². The summed E-state index contributed by atoms with van der Waals surface area (Å²) in [6.45, 7) is 11.2. The molecule has 0 bridgehead atoms. The molecule has 2 aliphatic rings. The molecule has 10 rings (SSSR count). The van der Waals surface area contributed by atoms with E-state index in [4.69, 9.17) is 73.8 Å². The van der Waals surface area contributed by atoms with Crippen LogP contribution in [0.5, 0.6) is 0 Å². The molecule has 2 amide bonds.